The van der Waals surface area contributed by atoms with E-state index >= 15 is 0 Å². The van der Waals surface area contributed by atoms with Crippen molar-refractivity contribution in [2.45, 2.75) is 67.7 Å². The smallest absolute Gasteiger partial charge is 0.147 e. The van der Waals surface area contributed by atoms with E-state index in [1.165, 1.54) is 22.9 Å². The molecule has 0 saturated carbocycles. The van der Waals surface area contributed by atoms with Crippen LogP contribution in [0.4, 0.5) is 11.6 Å². The highest BCUT2D eigenvalue weighted by Crippen LogP contribution is 2.53. The number of rotatable bonds is 5. The summed E-state index contributed by atoms with van der Waals surface area (Å²) >= 11 is 6.62. The molecular formula is C27H33ClN6OS2. The molecule has 0 radical (unpaired) electrons. The maximum Gasteiger partial charge on any atom is 0.147 e. The summed E-state index contributed by atoms with van der Waals surface area (Å²) < 4.78 is 16.3. The molecule has 37 heavy (non-hydrogen) atoms. The fourth-order valence-electron chi connectivity index (χ4n) is 5.24. The third kappa shape index (κ3) is 5.29. The highest BCUT2D eigenvalue weighted by Gasteiger charge is 2.50. The van der Waals surface area contributed by atoms with Gasteiger partial charge in [0.25, 0.3) is 0 Å². The van der Waals surface area contributed by atoms with Crippen LogP contribution in [-0.4, -0.2) is 37.3 Å². The van der Waals surface area contributed by atoms with Gasteiger partial charge in [0.1, 0.15) is 21.4 Å². The van der Waals surface area contributed by atoms with Crippen LogP contribution in [0.3, 0.4) is 0 Å². The Kier molecular flexibility index (Phi) is 7.37. The number of aryl methyl sites for hydroxylation is 1. The summed E-state index contributed by atoms with van der Waals surface area (Å²) in [5, 5.41) is 1.23. The lowest BCUT2D eigenvalue weighted by Gasteiger charge is -2.44. The molecule has 5 rings (SSSR count). The van der Waals surface area contributed by atoms with Gasteiger partial charge in [-0.25, -0.2) is 15.0 Å². The Balaban J connectivity index is 1.32. The van der Waals surface area contributed by atoms with Crippen molar-refractivity contribution in [2.75, 3.05) is 23.7 Å². The van der Waals surface area contributed by atoms with Gasteiger partial charge < -0.3 is 15.2 Å². The second-order valence-electron chi connectivity index (χ2n) is 10.9. The van der Waals surface area contributed by atoms with Gasteiger partial charge in [-0.1, -0.05) is 47.6 Å². The van der Waals surface area contributed by atoms with E-state index in [9.17, 15) is 4.55 Å². The molecule has 0 bridgehead atoms. The molecule has 7 nitrogen and oxygen atoms in total. The largest absolute Gasteiger partial charge is 0.598 e. The molecular weight excluding hydrogens is 524 g/mol. The minimum atomic E-state index is -1.14. The van der Waals surface area contributed by atoms with Crippen LogP contribution in [0.5, 0.6) is 0 Å². The monoisotopic (exact) mass is 556 g/mol. The number of nitrogens with zero attached hydrogens (tertiary/aromatic N) is 4. The fraction of sp³-hybridized carbons (Fsp3) is 0.444. The van der Waals surface area contributed by atoms with E-state index in [0.717, 1.165) is 53.8 Å². The van der Waals surface area contributed by atoms with Gasteiger partial charge >= 0.3 is 0 Å². The molecule has 2 aromatic heterocycles. The van der Waals surface area contributed by atoms with Crippen LogP contribution in [-0.2, 0) is 17.8 Å². The fourth-order valence-corrected chi connectivity index (χ4v) is 7.24. The number of nitrogen functional groups attached to an aromatic ring is 1. The first-order valence-corrected chi connectivity index (χ1v) is 14.8. The van der Waals surface area contributed by atoms with Crippen molar-refractivity contribution in [3.8, 4) is 0 Å². The van der Waals surface area contributed by atoms with Crippen molar-refractivity contribution >= 4 is 46.4 Å². The number of nitrogens with two attached hydrogens (primary N) is 1. The summed E-state index contributed by atoms with van der Waals surface area (Å²) in [4.78, 5) is 16.7. The Hall–Kier alpha value is -2.04. The molecule has 1 fully saturated rings. The minimum absolute atomic E-state index is 0.0391. The molecule has 2 atom stereocenters. The van der Waals surface area contributed by atoms with Gasteiger partial charge in [-0.05, 0) is 64.2 Å². The first-order valence-electron chi connectivity index (χ1n) is 12.5. The van der Waals surface area contributed by atoms with Crippen LogP contribution >= 0.6 is 23.4 Å². The highest BCUT2D eigenvalue weighted by atomic mass is 35.5. The summed E-state index contributed by atoms with van der Waals surface area (Å²) in [6.45, 7) is 9.79. The lowest BCUT2D eigenvalue weighted by molar-refractivity contribution is 0.176. The van der Waals surface area contributed by atoms with Gasteiger partial charge in [0.15, 0.2) is 0 Å². The van der Waals surface area contributed by atoms with Crippen molar-refractivity contribution in [3.05, 3.63) is 64.6 Å². The quantitative estimate of drug-likeness (QED) is 0.397. The number of piperidine rings is 1. The molecule has 3 N–H and O–H groups in total. The molecule has 1 spiro atoms. The number of halogens is 1. The maximum absolute atomic E-state index is 13.1. The number of fused-ring (bicyclic) bond motifs is 1. The van der Waals surface area contributed by atoms with Gasteiger partial charge in [-0.3, -0.25) is 0 Å². The SMILES string of the molecule is Cc1nc(N2CCC3(CC2)Cc2ccccc2[C@H]3N[S@+]([O-])C(C)(C)C)cnc1Sc1ccnc(N)c1Cl. The Morgan fingerprint density at radius 2 is 1.92 bits per heavy atom. The Morgan fingerprint density at radius 3 is 2.62 bits per heavy atom. The van der Waals surface area contributed by atoms with Crippen LogP contribution in [0.2, 0.25) is 5.02 Å². The summed E-state index contributed by atoms with van der Waals surface area (Å²) in [6, 6.07) is 10.5. The van der Waals surface area contributed by atoms with Gasteiger partial charge in [0.2, 0.25) is 0 Å². The number of pyridine rings is 1. The van der Waals surface area contributed by atoms with Crippen LogP contribution in [0.1, 0.15) is 56.5 Å². The molecule has 0 amide bonds. The maximum atomic E-state index is 13.1. The zero-order valence-corrected chi connectivity index (χ0v) is 24.0. The number of hydrogen-bond acceptors (Lipinski definition) is 8. The molecule has 10 heteroatoms. The van der Waals surface area contributed by atoms with E-state index in [-0.39, 0.29) is 16.2 Å². The van der Waals surface area contributed by atoms with Crippen LogP contribution in [0.25, 0.3) is 0 Å². The van der Waals surface area contributed by atoms with Gasteiger partial charge in [-0.2, -0.15) is 0 Å². The molecule has 1 aliphatic carbocycles. The Labute approximate surface area is 231 Å². The number of nitrogens with one attached hydrogen (secondary N) is 1. The second kappa shape index (κ2) is 10.3. The molecule has 0 unspecified atom stereocenters. The van der Waals surface area contributed by atoms with Gasteiger partial charge in [0.05, 0.1) is 23.0 Å². The molecule has 1 aliphatic heterocycles. The first kappa shape index (κ1) is 26.6. The third-order valence-electron chi connectivity index (χ3n) is 7.36. The lowest BCUT2D eigenvalue weighted by atomic mass is 9.73. The first-order chi connectivity index (χ1) is 17.6. The highest BCUT2D eigenvalue weighted by molar-refractivity contribution is 7.99. The average molecular weight is 557 g/mol. The van der Waals surface area contributed by atoms with Crippen molar-refractivity contribution in [1.82, 2.24) is 19.7 Å². The van der Waals surface area contributed by atoms with Crippen LogP contribution in [0, 0.1) is 12.3 Å². The molecule has 196 valence electrons. The molecule has 3 heterocycles. The lowest BCUT2D eigenvalue weighted by Crippen LogP contribution is -2.49. The van der Waals surface area contributed by atoms with Crippen molar-refractivity contribution in [2.24, 2.45) is 5.41 Å². The summed E-state index contributed by atoms with van der Waals surface area (Å²) in [7, 11) is 0. The normalized spacial score (nSPS) is 19.7. The van der Waals surface area contributed by atoms with Gasteiger partial charge in [-0.15, -0.1) is 4.72 Å². The van der Waals surface area contributed by atoms with E-state index < -0.39 is 11.4 Å². The summed E-state index contributed by atoms with van der Waals surface area (Å²) in [5.74, 6) is 1.19. The van der Waals surface area contributed by atoms with Crippen molar-refractivity contribution in [1.29, 1.82) is 0 Å². The molecule has 1 aromatic carbocycles. The molecule has 3 aromatic rings. The zero-order valence-electron chi connectivity index (χ0n) is 21.6. The predicted octanol–water partition coefficient (Wildman–Crippen LogP) is 5.50. The van der Waals surface area contributed by atoms with E-state index in [1.54, 1.807) is 6.20 Å². The average Bonchev–Trinajstić information content (AvgIpc) is 3.15. The van der Waals surface area contributed by atoms with Gasteiger partial charge in [0, 0.05) is 41.0 Å². The molecule has 2 aliphatic rings. The third-order valence-corrected chi connectivity index (χ3v) is 10.6. The molecule has 1 saturated heterocycles. The van der Waals surface area contributed by atoms with E-state index in [0.29, 0.717) is 10.8 Å². The zero-order chi connectivity index (χ0) is 26.4. The summed E-state index contributed by atoms with van der Waals surface area (Å²) in [5.41, 5.74) is 9.40. The van der Waals surface area contributed by atoms with E-state index in [4.69, 9.17) is 27.3 Å². The van der Waals surface area contributed by atoms with Crippen LogP contribution in [0.15, 0.2) is 52.6 Å². The number of hydrogen-bond donors (Lipinski definition) is 2. The summed E-state index contributed by atoms with van der Waals surface area (Å²) in [6.07, 6.45) is 6.48. The van der Waals surface area contributed by atoms with E-state index in [2.05, 4.69) is 38.9 Å². The number of anilines is 2. The van der Waals surface area contributed by atoms with Crippen LogP contribution < -0.4 is 15.4 Å². The number of aromatic nitrogens is 3. The Morgan fingerprint density at radius 1 is 1.19 bits per heavy atom. The minimum Gasteiger partial charge on any atom is -0.598 e. The van der Waals surface area contributed by atoms with Crippen molar-refractivity contribution in [3.63, 3.8) is 0 Å². The predicted molar refractivity (Wildman–Crippen MR) is 152 cm³/mol. The topological polar surface area (TPSA) is 103 Å². The van der Waals surface area contributed by atoms with E-state index in [1.807, 2.05) is 40.0 Å². The van der Waals surface area contributed by atoms with Crippen molar-refractivity contribution < 1.29 is 4.55 Å². The second-order valence-corrected chi connectivity index (χ2v) is 14.3. The number of benzene rings is 1. The Bertz CT molecular complexity index is 1290. The standard InChI is InChI=1S/C27H33ClN6OS2/c1-17-25(36-20-9-12-30-24(29)22(20)28)31-16-21(32-17)34-13-10-27(11-14-34)15-18-7-5-6-8-19(18)23(27)33-37(35)26(2,3)4/h5-9,12,16,23,33H,10-11,13-15H2,1-4H3,(H2,29,30)/t23-,37-/m1/s1.